The molecule has 2 aromatic heterocycles. The Morgan fingerprint density at radius 3 is 2.12 bits per heavy atom. The molecular formula is C32H35F6N7O4. The van der Waals surface area contributed by atoms with E-state index in [9.17, 15) is 40.7 Å². The van der Waals surface area contributed by atoms with E-state index >= 15 is 0 Å². The van der Waals surface area contributed by atoms with Gasteiger partial charge in [0.25, 0.3) is 0 Å². The van der Waals surface area contributed by atoms with Gasteiger partial charge in [-0.05, 0) is 49.6 Å². The maximum absolute atomic E-state index is 14.0. The summed E-state index contributed by atoms with van der Waals surface area (Å²) in [5, 5.41) is 3.14. The number of rotatable bonds is 7. The summed E-state index contributed by atoms with van der Waals surface area (Å²) in [5.74, 6) is -0.194. The number of anilines is 2. The monoisotopic (exact) mass is 695 g/mol. The smallest absolute Gasteiger partial charge is 0.416 e. The first kappa shape index (κ1) is 35.6. The highest BCUT2D eigenvalue weighted by Gasteiger charge is 2.41. The zero-order valence-electron chi connectivity index (χ0n) is 26.9. The summed E-state index contributed by atoms with van der Waals surface area (Å²) in [5.41, 5.74) is -2.96. The first-order valence-corrected chi connectivity index (χ1v) is 15.7. The van der Waals surface area contributed by atoms with Gasteiger partial charge in [0.15, 0.2) is 0 Å². The lowest BCUT2D eigenvalue weighted by atomic mass is 9.91. The van der Waals surface area contributed by atoms with Crippen LogP contribution >= 0.6 is 0 Å². The Kier molecular flexibility index (Phi) is 10.2. The molecule has 1 aromatic carbocycles. The van der Waals surface area contributed by atoms with E-state index in [0.717, 1.165) is 0 Å². The molecule has 17 heteroatoms. The number of benzene rings is 1. The molecule has 2 aliphatic heterocycles. The molecule has 1 unspecified atom stereocenters. The Labute approximate surface area is 277 Å². The third-order valence-electron chi connectivity index (χ3n) is 8.66. The molecule has 11 nitrogen and oxygen atoms in total. The highest BCUT2D eigenvalue weighted by molar-refractivity contribution is 5.89. The molecule has 49 heavy (non-hydrogen) atoms. The lowest BCUT2D eigenvalue weighted by Crippen LogP contribution is -2.48. The molecule has 264 valence electrons. The summed E-state index contributed by atoms with van der Waals surface area (Å²) in [6.07, 6.45) is -7.52. The maximum Gasteiger partial charge on any atom is 0.416 e. The predicted molar refractivity (Wildman–Crippen MR) is 166 cm³/mol. The lowest BCUT2D eigenvalue weighted by molar-refractivity contribution is -0.143. The van der Waals surface area contributed by atoms with Crippen molar-refractivity contribution >= 4 is 23.4 Å². The van der Waals surface area contributed by atoms with Gasteiger partial charge in [0.2, 0.25) is 11.5 Å². The van der Waals surface area contributed by atoms with Crippen LogP contribution in [-0.4, -0.2) is 70.7 Å². The fourth-order valence-electron chi connectivity index (χ4n) is 6.18. The van der Waals surface area contributed by atoms with Gasteiger partial charge in [0.1, 0.15) is 5.82 Å². The molecule has 3 aromatic rings. The Bertz CT molecular complexity index is 1690. The molecule has 3 atom stereocenters. The topological polar surface area (TPSA) is 124 Å². The molecule has 4 heterocycles. The van der Waals surface area contributed by atoms with Gasteiger partial charge in [0.05, 0.1) is 59.3 Å². The normalized spacial score (nSPS) is 19.0. The Balaban J connectivity index is 1.60. The van der Waals surface area contributed by atoms with Crippen LogP contribution in [0.4, 0.5) is 42.5 Å². The number of pyridine rings is 1. The van der Waals surface area contributed by atoms with Crippen LogP contribution in [0.2, 0.25) is 0 Å². The Morgan fingerprint density at radius 2 is 1.59 bits per heavy atom. The summed E-state index contributed by atoms with van der Waals surface area (Å²) < 4.78 is 89.1. The number of aromatic nitrogens is 3. The number of nitrogens with one attached hydrogen (secondary N) is 2. The average Bonchev–Trinajstić information content (AvgIpc) is 3.06. The average molecular weight is 696 g/mol. The van der Waals surface area contributed by atoms with E-state index in [-0.39, 0.29) is 42.2 Å². The van der Waals surface area contributed by atoms with E-state index < -0.39 is 58.8 Å². The van der Waals surface area contributed by atoms with Gasteiger partial charge in [0, 0.05) is 45.2 Å². The molecular weight excluding hydrogens is 660 g/mol. The number of ether oxygens (including phenoxy) is 1. The maximum atomic E-state index is 14.0. The van der Waals surface area contributed by atoms with E-state index in [1.165, 1.54) is 36.4 Å². The largest absolute Gasteiger partial charge is 0.449 e. The molecule has 2 amide bonds. The van der Waals surface area contributed by atoms with Crippen LogP contribution in [-0.2, 0) is 21.9 Å². The summed E-state index contributed by atoms with van der Waals surface area (Å²) >= 11 is 0. The first-order valence-electron chi connectivity index (χ1n) is 15.7. The zero-order valence-corrected chi connectivity index (χ0v) is 26.9. The van der Waals surface area contributed by atoms with Crippen LogP contribution in [0.5, 0.6) is 0 Å². The number of piperazine rings is 1. The number of amides is 2. The zero-order chi connectivity index (χ0) is 35.7. The second kappa shape index (κ2) is 14.1. The number of alkyl halides is 6. The molecule has 0 saturated carbocycles. The van der Waals surface area contributed by atoms with E-state index in [1.54, 1.807) is 11.8 Å². The molecule has 2 N–H and O–H groups in total. The summed E-state index contributed by atoms with van der Waals surface area (Å²) in [4.78, 5) is 53.7. The minimum Gasteiger partial charge on any atom is -0.449 e. The predicted octanol–water partition coefficient (Wildman–Crippen LogP) is 5.44. The van der Waals surface area contributed by atoms with Gasteiger partial charge in [-0.15, -0.1) is 0 Å². The minimum absolute atomic E-state index is 0.0446. The number of hydrogen-bond acceptors (Lipinski definition) is 8. The number of fused-ring (bicyclic) bond motifs is 1. The third kappa shape index (κ3) is 7.81. The molecule has 1 saturated heterocycles. The van der Waals surface area contributed by atoms with Crippen LogP contribution in [0.1, 0.15) is 73.9 Å². The number of hydrogen-bond donors (Lipinski definition) is 2. The van der Waals surface area contributed by atoms with Crippen LogP contribution in [0, 0.1) is 0 Å². The van der Waals surface area contributed by atoms with E-state index in [4.69, 9.17) is 4.74 Å². The number of H-pyrrole nitrogens is 1. The number of carbonyl (C=O) groups is 2. The number of halogens is 6. The van der Waals surface area contributed by atoms with Crippen molar-refractivity contribution in [1.29, 1.82) is 0 Å². The van der Waals surface area contributed by atoms with Crippen molar-refractivity contribution in [1.82, 2.24) is 25.2 Å². The van der Waals surface area contributed by atoms with E-state index in [2.05, 4.69) is 20.3 Å². The van der Waals surface area contributed by atoms with Crippen molar-refractivity contribution in [2.24, 2.45) is 0 Å². The summed E-state index contributed by atoms with van der Waals surface area (Å²) in [6, 6.07) is 1.08. The minimum atomic E-state index is -5.11. The Hall–Kier alpha value is -4.67. The molecule has 0 aliphatic carbocycles. The Morgan fingerprint density at radius 1 is 0.980 bits per heavy atom. The summed E-state index contributed by atoms with van der Waals surface area (Å²) in [6.45, 7) is 6.82. The van der Waals surface area contributed by atoms with E-state index in [0.29, 0.717) is 50.4 Å². The van der Waals surface area contributed by atoms with Crippen molar-refractivity contribution in [3.8, 4) is 0 Å². The van der Waals surface area contributed by atoms with Crippen molar-refractivity contribution in [2.75, 3.05) is 42.6 Å². The third-order valence-corrected chi connectivity index (χ3v) is 8.66. The van der Waals surface area contributed by atoms with E-state index in [1.807, 2.05) is 11.8 Å². The molecule has 0 radical (unpaired) electrons. The van der Waals surface area contributed by atoms with Gasteiger partial charge in [-0.3, -0.25) is 19.8 Å². The highest BCUT2D eigenvalue weighted by Crippen LogP contribution is 2.41. The fraction of sp³-hybridized carbons (Fsp3) is 0.469. The number of carbonyl (C=O) groups excluding carboxylic acids is 2. The fourth-order valence-corrected chi connectivity index (χ4v) is 6.18. The van der Waals surface area contributed by atoms with Gasteiger partial charge < -0.3 is 19.5 Å². The second-order valence-corrected chi connectivity index (χ2v) is 11.8. The molecule has 5 rings (SSSR count). The standard InChI is InChI=1S/C32H35F6N7O4/c1-4-22-15-24(28-25(6-7-26(47)42-28)45(22)30(48)49-5-2)41-27(19-12-20(31(33,34)35)14-21(13-19)32(36,37)38)29-39-16-23(17-40-29)44-10-8-43(9-11-44)18(3)46/h6-7,12-14,16-17,22,24,27,41H,4-5,8-11,15H2,1-3H3,(H,42,47)/t22-,24+,27?/m1/s1. The second-order valence-electron chi connectivity index (χ2n) is 11.8. The quantitative estimate of drug-likeness (QED) is 0.314. The molecule has 1 fully saturated rings. The van der Waals surface area contributed by atoms with Crippen LogP contribution in [0.15, 0.2) is 47.5 Å². The number of aromatic amines is 1. The van der Waals surface area contributed by atoms with Crippen LogP contribution in [0.3, 0.4) is 0 Å². The molecule has 0 spiro atoms. The van der Waals surface area contributed by atoms with Gasteiger partial charge >= 0.3 is 18.4 Å². The van der Waals surface area contributed by atoms with Crippen LogP contribution < -0.4 is 20.7 Å². The van der Waals surface area contributed by atoms with Crippen molar-refractivity contribution in [3.05, 3.63) is 81.3 Å². The number of nitrogens with zero attached hydrogens (tertiary/aromatic N) is 5. The van der Waals surface area contributed by atoms with Gasteiger partial charge in [-0.25, -0.2) is 14.8 Å². The van der Waals surface area contributed by atoms with Gasteiger partial charge in [-0.2, -0.15) is 26.3 Å². The highest BCUT2D eigenvalue weighted by atomic mass is 19.4. The van der Waals surface area contributed by atoms with Crippen molar-refractivity contribution in [2.45, 2.75) is 64.1 Å². The van der Waals surface area contributed by atoms with Gasteiger partial charge in [-0.1, -0.05) is 6.92 Å². The SMILES string of the molecule is CCOC(=O)N1c2ccc(=O)[nH]c2[C@@H](NC(c2cc(C(F)(F)F)cc(C(F)(F)F)c2)c2ncc(N3CCN(C(C)=O)CC3)cn2)C[C@H]1CC. The van der Waals surface area contributed by atoms with Crippen LogP contribution in [0.25, 0.3) is 0 Å². The molecule has 0 bridgehead atoms. The van der Waals surface area contributed by atoms with Crippen molar-refractivity contribution < 1.29 is 40.7 Å². The summed E-state index contributed by atoms with van der Waals surface area (Å²) in [7, 11) is 0. The van der Waals surface area contributed by atoms with Crippen molar-refractivity contribution in [3.63, 3.8) is 0 Å². The first-order chi connectivity index (χ1) is 23.1. The molecule has 2 aliphatic rings. The lowest BCUT2D eigenvalue weighted by Gasteiger charge is -2.40.